The van der Waals surface area contributed by atoms with Crippen LogP contribution in [0.5, 0.6) is 11.6 Å². The predicted octanol–water partition coefficient (Wildman–Crippen LogP) is 2.86. The van der Waals surface area contributed by atoms with Crippen molar-refractivity contribution in [3.63, 3.8) is 0 Å². The minimum absolute atomic E-state index is 0.350. The molecule has 1 aromatic heterocycles. The number of halogens is 1. The molecule has 1 aromatic carbocycles. The van der Waals surface area contributed by atoms with Crippen LogP contribution in [0.2, 0.25) is 5.02 Å². The number of ether oxygens (including phenoxy) is 2. The van der Waals surface area contributed by atoms with Gasteiger partial charge >= 0.3 is 0 Å². The molecule has 7 heteroatoms. The number of anilines is 3. The number of hydrogen-bond acceptors (Lipinski definition) is 6. The maximum Gasteiger partial charge on any atom is 0.242 e. The molecule has 0 atom stereocenters. The Balaban J connectivity index is 2.28. The lowest BCUT2D eigenvalue weighted by Crippen LogP contribution is -2.05. The normalized spacial score (nSPS) is 10.2. The monoisotopic (exact) mass is 294 g/mol. The van der Waals surface area contributed by atoms with Gasteiger partial charge in [0.2, 0.25) is 5.88 Å². The molecule has 0 fully saturated rings. The number of benzene rings is 1. The van der Waals surface area contributed by atoms with Crippen LogP contribution in [0.4, 0.5) is 17.2 Å². The Morgan fingerprint density at radius 1 is 1.35 bits per heavy atom. The molecule has 0 aliphatic heterocycles. The molecule has 1 heterocycles. The zero-order valence-electron chi connectivity index (χ0n) is 11.2. The van der Waals surface area contributed by atoms with Gasteiger partial charge in [-0.1, -0.05) is 11.6 Å². The Bertz CT molecular complexity index is 607. The van der Waals surface area contributed by atoms with E-state index in [0.717, 1.165) is 5.69 Å². The average molecular weight is 295 g/mol. The van der Waals surface area contributed by atoms with Gasteiger partial charge in [0.15, 0.2) is 5.82 Å². The number of methoxy groups -OCH3 is 1. The molecule has 0 amide bonds. The molecule has 2 aromatic rings. The minimum atomic E-state index is 0.350. The van der Waals surface area contributed by atoms with Crippen molar-refractivity contribution in [1.82, 2.24) is 9.97 Å². The second-order valence-electron chi connectivity index (χ2n) is 3.85. The van der Waals surface area contributed by atoms with Crippen molar-refractivity contribution in [2.24, 2.45) is 0 Å². The third kappa shape index (κ3) is 3.03. The first-order valence-electron chi connectivity index (χ1n) is 5.99. The molecular weight excluding hydrogens is 280 g/mol. The van der Waals surface area contributed by atoms with Gasteiger partial charge in [0.1, 0.15) is 17.8 Å². The molecule has 0 spiro atoms. The van der Waals surface area contributed by atoms with E-state index in [1.54, 1.807) is 25.3 Å². The summed E-state index contributed by atoms with van der Waals surface area (Å²) in [5.41, 5.74) is 7.05. The van der Waals surface area contributed by atoms with Crippen LogP contribution in [0.25, 0.3) is 0 Å². The molecule has 20 heavy (non-hydrogen) atoms. The third-order valence-corrected chi connectivity index (χ3v) is 2.85. The molecule has 3 N–H and O–H groups in total. The number of nitrogens with one attached hydrogen (secondary N) is 1. The molecular formula is C13H15ClN4O2. The highest BCUT2D eigenvalue weighted by Crippen LogP contribution is 2.31. The van der Waals surface area contributed by atoms with Gasteiger partial charge in [0.25, 0.3) is 0 Å². The van der Waals surface area contributed by atoms with Crippen molar-refractivity contribution in [2.75, 3.05) is 24.8 Å². The molecule has 0 saturated carbocycles. The van der Waals surface area contributed by atoms with E-state index in [1.807, 2.05) is 6.92 Å². The lowest BCUT2D eigenvalue weighted by Gasteiger charge is -2.12. The zero-order chi connectivity index (χ0) is 14.5. The van der Waals surface area contributed by atoms with Gasteiger partial charge in [-0.25, -0.2) is 4.98 Å². The van der Waals surface area contributed by atoms with Crippen LogP contribution >= 0.6 is 11.6 Å². The average Bonchev–Trinajstić information content (AvgIpc) is 2.45. The van der Waals surface area contributed by atoms with E-state index in [0.29, 0.717) is 34.8 Å². The van der Waals surface area contributed by atoms with Crippen molar-refractivity contribution in [3.05, 3.63) is 29.5 Å². The first-order chi connectivity index (χ1) is 9.65. The topological polar surface area (TPSA) is 82.3 Å². The maximum absolute atomic E-state index is 5.97. The molecule has 0 saturated heterocycles. The van der Waals surface area contributed by atoms with E-state index in [1.165, 1.54) is 6.33 Å². The summed E-state index contributed by atoms with van der Waals surface area (Å²) < 4.78 is 10.5. The van der Waals surface area contributed by atoms with Crippen LogP contribution in [-0.2, 0) is 0 Å². The predicted molar refractivity (Wildman–Crippen MR) is 78.9 cm³/mol. The van der Waals surface area contributed by atoms with Crippen LogP contribution < -0.4 is 20.5 Å². The molecule has 106 valence electrons. The Kier molecular flexibility index (Phi) is 4.47. The fourth-order valence-electron chi connectivity index (χ4n) is 1.61. The first-order valence-corrected chi connectivity index (χ1v) is 6.37. The summed E-state index contributed by atoms with van der Waals surface area (Å²) >= 11 is 5.97. The van der Waals surface area contributed by atoms with Crippen LogP contribution in [0.3, 0.4) is 0 Å². The maximum atomic E-state index is 5.97. The van der Waals surface area contributed by atoms with Gasteiger partial charge < -0.3 is 20.5 Å². The fourth-order valence-corrected chi connectivity index (χ4v) is 1.80. The summed E-state index contributed by atoms with van der Waals surface area (Å²) in [5.74, 6) is 1.38. The molecule has 2 rings (SSSR count). The lowest BCUT2D eigenvalue weighted by atomic mass is 10.3. The molecule has 0 aliphatic rings. The molecule has 0 unspecified atom stereocenters. The number of nitrogen functional groups attached to an aromatic ring is 1. The van der Waals surface area contributed by atoms with Crippen molar-refractivity contribution in [2.45, 2.75) is 6.92 Å². The van der Waals surface area contributed by atoms with E-state index in [9.17, 15) is 0 Å². The van der Waals surface area contributed by atoms with Gasteiger partial charge in [0.05, 0.1) is 18.7 Å². The largest absolute Gasteiger partial charge is 0.495 e. The highest BCUT2D eigenvalue weighted by atomic mass is 35.5. The molecule has 0 bridgehead atoms. The minimum Gasteiger partial charge on any atom is -0.495 e. The summed E-state index contributed by atoms with van der Waals surface area (Å²) in [4.78, 5) is 8.07. The van der Waals surface area contributed by atoms with E-state index >= 15 is 0 Å². The number of nitrogens with zero attached hydrogens (tertiary/aromatic N) is 2. The van der Waals surface area contributed by atoms with Crippen molar-refractivity contribution in [3.8, 4) is 11.6 Å². The third-order valence-electron chi connectivity index (χ3n) is 2.54. The number of rotatable bonds is 5. The van der Waals surface area contributed by atoms with Gasteiger partial charge in [-0.15, -0.1) is 0 Å². The number of hydrogen-bond donors (Lipinski definition) is 2. The first kappa shape index (κ1) is 14.2. The molecule has 0 radical (unpaired) electrons. The highest BCUT2D eigenvalue weighted by Gasteiger charge is 2.10. The van der Waals surface area contributed by atoms with Crippen molar-refractivity contribution >= 4 is 28.8 Å². The Hall–Kier alpha value is -2.21. The van der Waals surface area contributed by atoms with Crippen LogP contribution in [0.15, 0.2) is 24.5 Å². The number of aromatic nitrogens is 2. The zero-order valence-corrected chi connectivity index (χ0v) is 11.9. The second kappa shape index (κ2) is 6.29. The Morgan fingerprint density at radius 3 is 2.85 bits per heavy atom. The molecule has 0 aliphatic carbocycles. The van der Waals surface area contributed by atoms with E-state index < -0.39 is 0 Å². The Labute approximate surface area is 121 Å². The van der Waals surface area contributed by atoms with Crippen LogP contribution in [0.1, 0.15) is 6.92 Å². The van der Waals surface area contributed by atoms with Gasteiger partial charge in [-0.3, -0.25) is 0 Å². The Morgan fingerprint density at radius 2 is 2.15 bits per heavy atom. The van der Waals surface area contributed by atoms with Crippen molar-refractivity contribution in [1.29, 1.82) is 0 Å². The van der Waals surface area contributed by atoms with Gasteiger partial charge in [-0.2, -0.15) is 4.98 Å². The highest BCUT2D eigenvalue weighted by molar-refractivity contribution is 6.32. The smallest absolute Gasteiger partial charge is 0.242 e. The summed E-state index contributed by atoms with van der Waals surface area (Å²) in [6, 6.07) is 5.28. The second-order valence-corrected chi connectivity index (χ2v) is 4.26. The van der Waals surface area contributed by atoms with E-state index in [4.69, 9.17) is 26.8 Å². The van der Waals surface area contributed by atoms with E-state index in [-0.39, 0.29) is 0 Å². The van der Waals surface area contributed by atoms with Gasteiger partial charge in [-0.05, 0) is 19.1 Å². The van der Waals surface area contributed by atoms with Crippen molar-refractivity contribution < 1.29 is 9.47 Å². The quantitative estimate of drug-likeness (QED) is 0.882. The van der Waals surface area contributed by atoms with E-state index in [2.05, 4.69) is 15.3 Å². The number of nitrogens with two attached hydrogens (primary N) is 1. The summed E-state index contributed by atoms with van der Waals surface area (Å²) in [7, 11) is 1.55. The molecule has 6 nitrogen and oxygen atoms in total. The lowest BCUT2D eigenvalue weighted by molar-refractivity contribution is 0.328. The summed E-state index contributed by atoms with van der Waals surface area (Å²) in [5, 5.41) is 3.61. The SMILES string of the molecule is CCOc1ncnc(Nc2ccc(Cl)c(OC)c2)c1N. The standard InChI is InChI=1S/C13H15ClN4O2/c1-3-20-13-11(15)12(16-7-17-13)18-8-4-5-9(14)10(6-8)19-2/h4-7H,3,15H2,1-2H3,(H,16,17,18). The summed E-state index contributed by atoms with van der Waals surface area (Å²) in [6.07, 6.45) is 1.39. The van der Waals surface area contributed by atoms with Gasteiger partial charge in [0, 0.05) is 11.8 Å². The van der Waals surface area contributed by atoms with Crippen LogP contribution in [0, 0.1) is 0 Å². The van der Waals surface area contributed by atoms with Crippen LogP contribution in [-0.4, -0.2) is 23.7 Å². The summed E-state index contributed by atoms with van der Waals surface area (Å²) in [6.45, 7) is 2.34. The fraction of sp³-hybridized carbons (Fsp3) is 0.231.